The molecule has 1 saturated heterocycles. The second-order valence-electron chi connectivity index (χ2n) is 4.17. The van der Waals surface area contributed by atoms with Crippen LogP contribution >= 0.6 is 0 Å². The van der Waals surface area contributed by atoms with Crippen molar-refractivity contribution in [1.29, 1.82) is 0 Å². The highest BCUT2D eigenvalue weighted by atomic mass is 19.1. The van der Waals surface area contributed by atoms with Crippen LogP contribution in [-0.2, 0) is 4.74 Å². The first-order valence-corrected chi connectivity index (χ1v) is 5.60. The monoisotopic (exact) mass is 256 g/mol. The Morgan fingerprint density at radius 2 is 2.00 bits per heavy atom. The van der Waals surface area contributed by atoms with Crippen LogP contribution in [0, 0.1) is 11.6 Å². The molecule has 1 aromatic carbocycles. The molecule has 1 amide bonds. The third kappa shape index (κ3) is 2.83. The Morgan fingerprint density at radius 1 is 1.33 bits per heavy atom. The highest BCUT2D eigenvalue weighted by Crippen LogP contribution is 2.10. The van der Waals surface area contributed by atoms with Gasteiger partial charge in [0.05, 0.1) is 12.1 Å². The number of halogens is 2. The van der Waals surface area contributed by atoms with Gasteiger partial charge in [-0.05, 0) is 12.1 Å². The smallest absolute Gasteiger partial charge is 0.251 e. The molecule has 6 heteroatoms. The molecule has 1 fully saturated rings. The van der Waals surface area contributed by atoms with Gasteiger partial charge < -0.3 is 15.4 Å². The van der Waals surface area contributed by atoms with Gasteiger partial charge in [-0.2, -0.15) is 0 Å². The van der Waals surface area contributed by atoms with Crippen molar-refractivity contribution in [3.05, 3.63) is 35.4 Å². The molecule has 4 nitrogen and oxygen atoms in total. The van der Waals surface area contributed by atoms with Crippen molar-refractivity contribution in [3.8, 4) is 0 Å². The second kappa shape index (κ2) is 5.41. The topological polar surface area (TPSA) is 50.4 Å². The van der Waals surface area contributed by atoms with Crippen LogP contribution in [0.2, 0.25) is 0 Å². The number of carbonyl (C=O) groups is 1. The Bertz CT molecular complexity index is 433. The van der Waals surface area contributed by atoms with Crippen LogP contribution in [0.15, 0.2) is 18.2 Å². The lowest BCUT2D eigenvalue weighted by molar-refractivity contribution is 0.0779. The third-order valence-electron chi connectivity index (χ3n) is 2.90. The lowest BCUT2D eigenvalue weighted by Gasteiger charge is -2.18. The molecular weight excluding hydrogens is 242 g/mol. The minimum absolute atomic E-state index is 0.0331. The van der Waals surface area contributed by atoms with Crippen molar-refractivity contribution in [2.75, 3.05) is 20.2 Å². The van der Waals surface area contributed by atoms with E-state index in [9.17, 15) is 13.6 Å². The van der Waals surface area contributed by atoms with E-state index in [1.165, 1.54) is 0 Å². The SMILES string of the molecule is CO[C@H]1CNCC1NC(=O)c1cc(F)cc(F)c1. The Hall–Kier alpha value is -1.53. The standard InChI is InChI=1S/C12H14F2N2O2/c1-18-11-6-15-5-10(11)16-12(17)7-2-8(13)4-9(14)3-7/h2-4,10-11,15H,5-6H2,1H3,(H,16,17)/t10?,11-/m0/s1. The number of hydrogen-bond donors (Lipinski definition) is 2. The lowest BCUT2D eigenvalue weighted by atomic mass is 10.1. The Balaban J connectivity index is 2.07. The molecule has 1 unspecified atom stereocenters. The predicted molar refractivity (Wildman–Crippen MR) is 61.3 cm³/mol. The number of methoxy groups -OCH3 is 1. The van der Waals surface area contributed by atoms with E-state index in [0.29, 0.717) is 13.1 Å². The summed E-state index contributed by atoms with van der Waals surface area (Å²) in [6, 6.07) is 2.53. The van der Waals surface area contributed by atoms with Gasteiger partial charge in [-0.25, -0.2) is 8.78 Å². The van der Waals surface area contributed by atoms with Crippen molar-refractivity contribution in [1.82, 2.24) is 10.6 Å². The maximum Gasteiger partial charge on any atom is 0.251 e. The Morgan fingerprint density at radius 3 is 2.61 bits per heavy atom. The average molecular weight is 256 g/mol. The van der Waals surface area contributed by atoms with Gasteiger partial charge >= 0.3 is 0 Å². The average Bonchev–Trinajstić information content (AvgIpc) is 2.75. The number of hydrogen-bond acceptors (Lipinski definition) is 3. The van der Waals surface area contributed by atoms with Crippen molar-refractivity contribution in [2.24, 2.45) is 0 Å². The van der Waals surface area contributed by atoms with Crippen LogP contribution in [0.25, 0.3) is 0 Å². The summed E-state index contributed by atoms with van der Waals surface area (Å²) in [6.07, 6.45) is -0.132. The van der Waals surface area contributed by atoms with E-state index in [-0.39, 0.29) is 17.7 Å². The molecule has 18 heavy (non-hydrogen) atoms. The molecule has 0 radical (unpaired) electrons. The van der Waals surface area contributed by atoms with Crippen LogP contribution in [0.1, 0.15) is 10.4 Å². The predicted octanol–water partition coefficient (Wildman–Crippen LogP) is 0.681. The van der Waals surface area contributed by atoms with Crippen molar-refractivity contribution < 1.29 is 18.3 Å². The van der Waals surface area contributed by atoms with Gasteiger partial charge in [0.15, 0.2) is 0 Å². The third-order valence-corrected chi connectivity index (χ3v) is 2.90. The highest BCUT2D eigenvalue weighted by Gasteiger charge is 2.28. The summed E-state index contributed by atoms with van der Waals surface area (Å²) in [5.41, 5.74) is -0.0331. The first-order chi connectivity index (χ1) is 8.60. The minimum atomic E-state index is -0.770. The summed E-state index contributed by atoms with van der Waals surface area (Å²) >= 11 is 0. The number of nitrogens with one attached hydrogen (secondary N) is 2. The lowest BCUT2D eigenvalue weighted by Crippen LogP contribution is -2.43. The fourth-order valence-corrected chi connectivity index (χ4v) is 1.98. The molecule has 2 rings (SSSR count). The van der Waals surface area contributed by atoms with Gasteiger partial charge in [0, 0.05) is 31.8 Å². The zero-order chi connectivity index (χ0) is 13.1. The largest absolute Gasteiger partial charge is 0.378 e. The van der Waals surface area contributed by atoms with Gasteiger partial charge in [0.2, 0.25) is 0 Å². The highest BCUT2D eigenvalue weighted by molar-refractivity contribution is 5.94. The van der Waals surface area contributed by atoms with Crippen LogP contribution in [0.3, 0.4) is 0 Å². The van der Waals surface area contributed by atoms with Gasteiger partial charge in [0.25, 0.3) is 5.91 Å². The number of carbonyl (C=O) groups excluding carboxylic acids is 1. The maximum absolute atomic E-state index is 13.0. The molecule has 0 spiro atoms. The molecule has 0 saturated carbocycles. The van der Waals surface area contributed by atoms with Crippen molar-refractivity contribution in [2.45, 2.75) is 12.1 Å². The van der Waals surface area contributed by atoms with E-state index < -0.39 is 17.5 Å². The summed E-state index contributed by atoms with van der Waals surface area (Å²) in [6.45, 7) is 1.21. The second-order valence-corrected chi connectivity index (χ2v) is 4.17. The van der Waals surface area contributed by atoms with Crippen LogP contribution < -0.4 is 10.6 Å². The molecule has 1 aliphatic heterocycles. The first kappa shape index (κ1) is 12.9. The number of benzene rings is 1. The summed E-state index contributed by atoms with van der Waals surface area (Å²) in [5.74, 6) is -2.05. The summed E-state index contributed by atoms with van der Waals surface area (Å²) < 4.78 is 31.2. The fraction of sp³-hybridized carbons (Fsp3) is 0.417. The summed E-state index contributed by atoms with van der Waals surface area (Å²) in [7, 11) is 1.55. The molecule has 2 N–H and O–H groups in total. The van der Waals surface area contributed by atoms with Gasteiger partial charge in [-0.1, -0.05) is 0 Å². The molecular formula is C12H14F2N2O2. The fourth-order valence-electron chi connectivity index (χ4n) is 1.98. The quantitative estimate of drug-likeness (QED) is 0.836. The molecule has 0 bridgehead atoms. The molecule has 0 aliphatic carbocycles. The normalized spacial score (nSPS) is 23.1. The van der Waals surface area contributed by atoms with Crippen molar-refractivity contribution in [3.63, 3.8) is 0 Å². The van der Waals surface area contributed by atoms with Crippen LogP contribution in [-0.4, -0.2) is 38.3 Å². The molecule has 0 aromatic heterocycles. The minimum Gasteiger partial charge on any atom is -0.378 e. The van der Waals surface area contributed by atoms with E-state index in [0.717, 1.165) is 18.2 Å². The van der Waals surface area contributed by atoms with Crippen molar-refractivity contribution >= 4 is 5.91 Å². The first-order valence-electron chi connectivity index (χ1n) is 5.60. The van der Waals surface area contributed by atoms with E-state index in [4.69, 9.17) is 4.74 Å². The van der Waals surface area contributed by atoms with Gasteiger partial charge in [-0.15, -0.1) is 0 Å². The summed E-state index contributed by atoms with van der Waals surface area (Å²) in [5, 5.41) is 5.76. The van der Waals surface area contributed by atoms with Crippen LogP contribution in [0.4, 0.5) is 8.78 Å². The van der Waals surface area contributed by atoms with E-state index in [2.05, 4.69) is 10.6 Å². The molecule has 2 atom stereocenters. The Labute approximate surface area is 103 Å². The van der Waals surface area contributed by atoms with E-state index >= 15 is 0 Å². The number of amides is 1. The number of rotatable bonds is 3. The Kier molecular flexibility index (Phi) is 3.88. The zero-order valence-corrected chi connectivity index (χ0v) is 9.87. The van der Waals surface area contributed by atoms with E-state index in [1.807, 2.05) is 0 Å². The zero-order valence-electron chi connectivity index (χ0n) is 9.87. The maximum atomic E-state index is 13.0. The van der Waals surface area contributed by atoms with Gasteiger partial charge in [0.1, 0.15) is 11.6 Å². The summed E-state index contributed by atoms with van der Waals surface area (Å²) in [4.78, 5) is 11.8. The molecule has 1 aliphatic rings. The van der Waals surface area contributed by atoms with E-state index in [1.54, 1.807) is 7.11 Å². The molecule has 1 aromatic rings. The number of ether oxygens (including phenoxy) is 1. The van der Waals surface area contributed by atoms with Gasteiger partial charge in [-0.3, -0.25) is 4.79 Å². The molecule has 1 heterocycles. The molecule has 98 valence electrons. The van der Waals surface area contributed by atoms with Crippen LogP contribution in [0.5, 0.6) is 0 Å².